The number of ether oxygens (including phenoxy) is 2. The molecule has 2 atom stereocenters. The van der Waals surface area contributed by atoms with Crippen LogP contribution in [0.1, 0.15) is 38.9 Å². The number of benzene rings is 2. The summed E-state index contributed by atoms with van der Waals surface area (Å²) in [6.07, 6.45) is 0.175. The van der Waals surface area contributed by atoms with Crippen molar-refractivity contribution in [2.45, 2.75) is 45.1 Å². The van der Waals surface area contributed by atoms with E-state index in [0.717, 1.165) is 16.7 Å². The van der Waals surface area contributed by atoms with Crippen molar-refractivity contribution in [1.82, 2.24) is 4.31 Å². The summed E-state index contributed by atoms with van der Waals surface area (Å²) in [4.78, 5) is 0. The molecule has 1 aliphatic rings. The van der Waals surface area contributed by atoms with Crippen LogP contribution in [0.4, 0.5) is 0 Å². The van der Waals surface area contributed by atoms with Crippen molar-refractivity contribution in [3.8, 4) is 11.1 Å². The molecular weight excluding hydrogens is 374 g/mol. The van der Waals surface area contributed by atoms with Crippen molar-refractivity contribution >= 4 is 10.0 Å². The Morgan fingerprint density at radius 1 is 1.04 bits per heavy atom. The Morgan fingerprint density at radius 3 is 2.25 bits per heavy atom. The van der Waals surface area contributed by atoms with Crippen LogP contribution in [0.5, 0.6) is 0 Å². The fraction of sp³-hybridized carbons (Fsp3) is 0.455. The SMILES string of the molecule is CCCS(=O)(=O)N(C)[C@@H]1COC(C)(C)O[C@@H]1c1ccc(-c2ccccc2)cc1. The lowest BCUT2D eigenvalue weighted by molar-refractivity contribution is -0.291. The maximum Gasteiger partial charge on any atom is 0.214 e. The van der Waals surface area contributed by atoms with Crippen LogP contribution in [0, 0.1) is 0 Å². The van der Waals surface area contributed by atoms with E-state index in [1.54, 1.807) is 7.05 Å². The average Bonchev–Trinajstić information content (AvgIpc) is 2.67. The molecule has 0 bridgehead atoms. The van der Waals surface area contributed by atoms with E-state index in [1.165, 1.54) is 4.31 Å². The number of likely N-dealkylation sites (N-methyl/N-ethyl adjacent to an activating group) is 1. The summed E-state index contributed by atoms with van der Waals surface area (Å²) in [7, 11) is -1.75. The fourth-order valence-corrected chi connectivity index (χ4v) is 4.87. The normalized spacial score (nSPS) is 22.3. The van der Waals surface area contributed by atoms with E-state index in [1.807, 2.05) is 63.2 Å². The van der Waals surface area contributed by atoms with Gasteiger partial charge in [-0.15, -0.1) is 0 Å². The smallest absolute Gasteiger partial charge is 0.214 e. The van der Waals surface area contributed by atoms with Crippen LogP contribution in [0.2, 0.25) is 0 Å². The highest BCUT2D eigenvalue weighted by atomic mass is 32.2. The Balaban J connectivity index is 1.91. The summed E-state index contributed by atoms with van der Waals surface area (Å²) in [6, 6.07) is 17.9. The highest BCUT2D eigenvalue weighted by molar-refractivity contribution is 7.89. The lowest BCUT2D eigenvalue weighted by Gasteiger charge is -2.44. The highest BCUT2D eigenvalue weighted by Gasteiger charge is 2.42. The van der Waals surface area contributed by atoms with E-state index in [0.29, 0.717) is 6.42 Å². The number of hydrogen-bond donors (Lipinski definition) is 0. The van der Waals surface area contributed by atoms with Gasteiger partial charge >= 0.3 is 0 Å². The van der Waals surface area contributed by atoms with Crippen molar-refractivity contribution in [2.24, 2.45) is 0 Å². The largest absolute Gasteiger partial charge is 0.349 e. The van der Waals surface area contributed by atoms with E-state index >= 15 is 0 Å². The Kier molecular flexibility index (Phi) is 6.25. The summed E-state index contributed by atoms with van der Waals surface area (Å²) < 4.78 is 38.6. The molecule has 0 saturated carbocycles. The van der Waals surface area contributed by atoms with Gasteiger partial charge in [0.05, 0.1) is 18.4 Å². The first kappa shape index (κ1) is 21.0. The van der Waals surface area contributed by atoms with Crippen LogP contribution in [-0.4, -0.2) is 44.0 Å². The minimum Gasteiger partial charge on any atom is -0.349 e. The van der Waals surface area contributed by atoms with Gasteiger partial charge in [-0.3, -0.25) is 0 Å². The third-order valence-corrected chi connectivity index (χ3v) is 7.15. The van der Waals surface area contributed by atoms with Gasteiger partial charge in [-0.05, 0) is 37.0 Å². The first-order valence-electron chi connectivity index (χ1n) is 9.66. The Hall–Kier alpha value is -1.73. The number of sulfonamides is 1. The highest BCUT2D eigenvalue weighted by Crippen LogP contribution is 2.36. The first-order chi connectivity index (χ1) is 13.2. The molecule has 0 unspecified atom stereocenters. The summed E-state index contributed by atoms with van der Waals surface area (Å²) in [5.41, 5.74) is 3.19. The standard InChI is InChI=1S/C22H29NO4S/c1-5-15-28(24,25)23(4)20-16-26-22(2,3)27-21(20)19-13-11-18(12-14-19)17-9-7-6-8-10-17/h6-14,20-21H,5,15-16H2,1-4H3/t20-,21-/m1/s1. The van der Waals surface area contributed by atoms with E-state index in [9.17, 15) is 8.42 Å². The molecule has 1 aliphatic heterocycles. The molecule has 5 nitrogen and oxygen atoms in total. The first-order valence-corrected chi connectivity index (χ1v) is 11.3. The molecule has 3 rings (SSSR count). The molecule has 0 amide bonds. The average molecular weight is 404 g/mol. The summed E-state index contributed by atoms with van der Waals surface area (Å²) in [6.45, 7) is 5.86. The van der Waals surface area contributed by atoms with E-state index in [-0.39, 0.29) is 12.4 Å². The molecule has 0 N–H and O–H groups in total. The van der Waals surface area contributed by atoms with Gasteiger partial charge in [0.25, 0.3) is 0 Å². The Morgan fingerprint density at radius 2 is 1.64 bits per heavy atom. The lowest BCUT2D eigenvalue weighted by Crippen LogP contribution is -2.52. The van der Waals surface area contributed by atoms with Crippen LogP contribution in [0.25, 0.3) is 11.1 Å². The maximum atomic E-state index is 12.6. The van der Waals surface area contributed by atoms with Gasteiger partial charge in [-0.2, -0.15) is 4.31 Å². The number of rotatable bonds is 6. The molecule has 1 saturated heterocycles. The summed E-state index contributed by atoms with van der Waals surface area (Å²) >= 11 is 0. The Labute approximate surface area is 168 Å². The third kappa shape index (κ3) is 4.63. The quantitative estimate of drug-likeness (QED) is 0.725. The van der Waals surface area contributed by atoms with Crippen molar-refractivity contribution in [3.63, 3.8) is 0 Å². The van der Waals surface area contributed by atoms with Crippen LogP contribution < -0.4 is 0 Å². The van der Waals surface area contributed by atoms with Gasteiger partial charge in [0.2, 0.25) is 10.0 Å². The maximum absolute atomic E-state index is 12.6. The Bertz CT molecular complexity index is 879. The van der Waals surface area contributed by atoms with E-state index < -0.39 is 28.0 Å². The van der Waals surface area contributed by atoms with Gasteiger partial charge in [0, 0.05) is 7.05 Å². The molecule has 2 aromatic carbocycles. The van der Waals surface area contributed by atoms with Gasteiger partial charge in [-0.25, -0.2) is 8.42 Å². The fourth-order valence-electron chi connectivity index (χ4n) is 3.48. The molecule has 0 spiro atoms. The van der Waals surface area contributed by atoms with Crippen LogP contribution in [0.15, 0.2) is 54.6 Å². The van der Waals surface area contributed by atoms with Gasteiger partial charge in [-0.1, -0.05) is 61.5 Å². The second-order valence-electron chi connectivity index (χ2n) is 7.64. The zero-order chi connectivity index (χ0) is 20.4. The zero-order valence-corrected chi connectivity index (χ0v) is 17.8. The summed E-state index contributed by atoms with van der Waals surface area (Å²) in [5.74, 6) is -0.655. The molecule has 2 aromatic rings. The van der Waals surface area contributed by atoms with Crippen molar-refractivity contribution in [2.75, 3.05) is 19.4 Å². The van der Waals surface area contributed by atoms with E-state index in [2.05, 4.69) is 12.1 Å². The number of nitrogens with zero attached hydrogens (tertiary/aromatic N) is 1. The molecule has 6 heteroatoms. The second kappa shape index (κ2) is 8.33. The predicted molar refractivity (Wildman–Crippen MR) is 111 cm³/mol. The van der Waals surface area contributed by atoms with E-state index in [4.69, 9.17) is 9.47 Å². The third-order valence-electron chi connectivity index (χ3n) is 5.08. The monoisotopic (exact) mass is 403 g/mol. The topological polar surface area (TPSA) is 55.8 Å². The molecular formula is C22H29NO4S. The van der Waals surface area contributed by atoms with Gasteiger partial charge in [0.15, 0.2) is 5.79 Å². The molecule has 0 radical (unpaired) electrons. The second-order valence-corrected chi connectivity index (χ2v) is 9.78. The molecule has 0 aromatic heterocycles. The summed E-state index contributed by atoms with van der Waals surface area (Å²) in [5, 5.41) is 0. The van der Waals surface area contributed by atoms with Crippen molar-refractivity contribution in [1.29, 1.82) is 0 Å². The minimum absolute atomic E-state index is 0.114. The van der Waals surface area contributed by atoms with Crippen LogP contribution in [-0.2, 0) is 19.5 Å². The minimum atomic E-state index is -3.37. The molecule has 152 valence electrons. The van der Waals surface area contributed by atoms with Gasteiger partial charge in [0.1, 0.15) is 6.10 Å². The molecule has 28 heavy (non-hydrogen) atoms. The molecule has 0 aliphatic carbocycles. The van der Waals surface area contributed by atoms with Gasteiger partial charge < -0.3 is 9.47 Å². The van der Waals surface area contributed by atoms with Crippen LogP contribution >= 0.6 is 0 Å². The number of hydrogen-bond acceptors (Lipinski definition) is 4. The van der Waals surface area contributed by atoms with Crippen LogP contribution in [0.3, 0.4) is 0 Å². The lowest BCUT2D eigenvalue weighted by atomic mass is 9.97. The van der Waals surface area contributed by atoms with Crippen molar-refractivity contribution in [3.05, 3.63) is 60.2 Å². The van der Waals surface area contributed by atoms with Crippen molar-refractivity contribution < 1.29 is 17.9 Å². The molecule has 1 fully saturated rings. The molecule has 1 heterocycles. The predicted octanol–water partition coefficient (Wildman–Crippen LogP) is 4.22. The zero-order valence-electron chi connectivity index (χ0n) is 17.0.